The molecule has 1 atom stereocenters. The van der Waals surface area contributed by atoms with Gasteiger partial charge in [-0.25, -0.2) is 4.39 Å². The number of carbonyl (C=O) groups is 2. The topological polar surface area (TPSA) is 52.7 Å². The van der Waals surface area contributed by atoms with E-state index >= 15 is 0 Å². The summed E-state index contributed by atoms with van der Waals surface area (Å²) in [5, 5.41) is 3.00. The van der Waals surface area contributed by atoms with Gasteiger partial charge in [-0.15, -0.1) is 12.4 Å². The van der Waals surface area contributed by atoms with Gasteiger partial charge in [-0.2, -0.15) is 0 Å². The van der Waals surface area contributed by atoms with E-state index in [1.165, 1.54) is 12.1 Å². The number of benzene rings is 1. The SMILES string of the molecule is CNCC(C)C(=O)N1CCCN(C(=O)c2ccccc2F)CC1.Cl. The molecule has 24 heavy (non-hydrogen) atoms. The molecule has 7 heteroatoms. The summed E-state index contributed by atoms with van der Waals surface area (Å²) in [5.74, 6) is -0.800. The molecule has 2 rings (SSSR count). The van der Waals surface area contributed by atoms with E-state index in [0.717, 1.165) is 0 Å². The van der Waals surface area contributed by atoms with Gasteiger partial charge in [0.25, 0.3) is 5.91 Å². The van der Waals surface area contributed by atoms with Crippen LogP contribution in [0, 0.1) is 11.7 Å². The standard InChI is InChI=1S/C17H24FN3O2.ClH/c1-13(12-19-2)16(22)20-8-5-9-21(11-10-20)17(23)14-6-3-4-7-15(14)18;/h3-4,6-7,13,19H,5,8-12H2,1-2H3;1H. The zero-order valence-electron chi connectivity index (χ0n) is 14.1. The van der Waals surface area contributed by atoms with E-state index in [4.69, 9.17) is 0 Å². The van der Waals surface area contributed by atoms with Crippen LogP contribution in [0.3, 0.4) is 0 Å². The highest BCUT2D eigenvalue weighted by molar-refractivity contribution is 5.94. The van der Waals surface area contributed by atoms with Crippen molar-refractivity contribution in [2.45, 2.75) is 13.3 Å². The lowest BCUT2D eigenvalue weighted by atomic mass is 10.1. The van der Waals surface area contributed by atoms with E-state index < -0.39 is 5.82 Å². The minimum absolute atomic E-state index is 0. The second-order valence-corrected chi connectivity index (χ2v) is 5.91. The molecule has 1 saturated heterocycles. The summed E-state index contributed by atoms with van der Waals surface area (Å²) in [6.07, 6.45) is 0.707. The molecule has 0 spiro atoms. The largest absolute Gasteiger partial charge is 0.341 e. The molecule has 1 heterocycles. The maximum Gasteiger partial charge on any atom is 0.256 e. The quantitative estimate of drug-likeness (QED) is 0.893. The van der Waals surface area contributed by atoms with Crippen molar-refractivity contribution in [1.82, 2.24) is 15.1 Å². The highest BCUT2D eigenvalue weighted by Gasteiger charge is 2.26. The van der Waals surface area contributed by atoms with Crippen molar-refractivity contribution in [2.24, 2.45) is 5.92 Å². The van der Waals surface area contributed by atoms with Gasteiger partial charge in [-0.05, 0) is 25.6 Å². The predicted octanol–water partition coefficient (Wildman–Crippen LogP) is 1.78. The second-order valence-electron chi connectivity index (χ2n) is 5.91. The van der Waals surface area contributed by atoms with Gasteiger partial charge >= 0.3 is 0 Å². The highest BCUT2D eigenvalue weighted by Crippen LogP contribution is 2.13. The van der Waals surface area contributed by atoms with Crippen LogP contribution < -0.4 is 5.32 Å². The third kappa shape index (κ3) is 4.92. The van der Waals surface area contributed by atoms with Crippen molar-refractivity contribution in [3.8, 4) is 0 Å². The molecule has 134 valence electrons. The molecule has 1 fully saturated rings. The van der Waals surface area contributed by atoms with Gasteiger partial charge < -0.3 is 15.1 Å². The number of amides is 2. The smallest absolute Gasteiger partial charge is 0.256 e. The molecule has 1 aliphatic heterocycles. The Morgan fingerprint density at radius 3 is 2.46 bits per heavy atom. The van der Waals surface area contributed by atoms with Crippen molar-refractivity contribution >= 4 is 24.2 Å². The molecule has 0 aromatic heterocycles. The van der Waals surface area contributed by atoms with E-state index in [1.54, 1.807) is 21.9 Å². The Balaban J connectivity index is 0.00000288. The summed E-state index contributed by atoms with van der Waals surface area (Å²) in [6, 6.07) is 6.02. The number of halogens is 2. The Bertz CT molecular complexity index is 571. The van der Waals surface area contributed by atoms with Gasteiger partial charge in [0.05, 0.1) is 5.56 Å². The number of nitrogens with one attached hydrogen (secondary N) is 1. The van der Waals surface area contributed by atoms with Crippen LogP contribution in [-0.4, -0.2) is 61.4 Å². The van der Waals surface area contributed by atoms with Crippen molar-refractivity contribution < 1.29 is 14.0 Å². The molecule has 0 aliphatic carbocycles. The average molecular weight is 358 g/mol. The molecule has 1 unspecified atom stereocenters. The minimum Gasteiger partial charge on any atom is -0.341 e. The number of hydrogen-bond donors (Lipinski definition) is 1. The number of nitrogens with zero attached hydrogens (tertiary/aromatic N) is 2. The average Bonchev–Trinajstić information content (AvgIpc) is 2.80. The van der Waals surface area contributed by atoms with E-state index in [1.807, 2.05) is 14.0 Å². The molecule has 1 aromatic rings. The van der Waals surface area contributed by atoms with E-state index in [2.05, 4.69) is 5.32 Å². The van der Waals surface area contributed by atoms with Crippen molar-refractivity contribution in [3.63, 3.8) is 0 Å². The molecular formula is C17H25ClFN3O2. The third-order valence-corrected chi connectivity index (χ3v) is 4.13. The monoisotopic (exact) mass is 357 g/mol. The lowest BCUT2D eigenvalue weighted by molar-refractivity contribution is -0.134. The van der Waals surface area contributed by atoms with Gasteiger partial charge in [0.1, 0.15) is 5.82 Å². The van der Waals surface area contributed by atoms with Gasteiger partial charge in [0.15, 0.2) is 0 Å². The summed E-state index contributed by atoms with van der Waals surface area (Å²) in [5.41, 5.74) is 0.0934. The van der Waals surface area contributed by atoms with E-state index in [0.29, 0.717) is 39.1 Å². The summed E-state index contributed by atoms with van der Waals surface area (Å²) < 4.78 is 13.8. The van der Waals surface area contributed by atoms with Crippen LogP contribution in [-0.2, 0) is 4.79 Å². The third-order valence-electron chi connectivity index (χ3n) is 4.13. The predicted molar refractivity (Wildman–Crippen MR) is 93.8 cm³/mol. The van der Waals surface area contributed by atoms with Crippen LogP contribution >= 0.6 is 12.4 Å². The number of carbonyl (C=O) groups excluding carboxylic acids is 2. The maximum absolute atomic E-state index is 13.8. The van der Waals surface area contributed by atoms with Crippen molar-refractivity contribution in [2.75, 3.05) is 39.8 Å². The first kappa shape index (κ1) is 20.4. The Labute approximate surface area is 148 Å². The second kappa shape index (κ2) is 9.59. The van der Waals surface area contributed by atoms with Crippen LogP contribution in [0.25, 0.3) is 0 Å². The van der Waals surface area contributed by atoms with E-state index in [-0.39, 0.29) is 35.7 Å². The summed E-state index contributed by atoms with van der Waals surface area (Å²) in [6.45, 7) is 4.63. The summed E-state index contributed by atoms with van der Waals surface area (Å²) in [7, 11) is 1.82. The lowest BCUT2D eigenvalue weighted by Gasteiger charge is -2.24. The van der Waals surface area contributed by atoms with Crippen molar-refractivity contribution in [3.05, 3.63) is 35.6 Å². The first-order valence-corrected chi connectivity index (χ1v) is 8.01. The van der Waals surface area contributed by atoms with Crippen LogP contribution in [0.1, 0.15) is 23.7 Å². The first-order chi connectivity index (χ1) is 11.0. The normalized spacial score (nSPS) is 16.1. The van der Waals surface area contributed by atoms with Crippen LogP contribution in [0.4, 0.5) is 4.39 Å². The minimum atomic E-state index is -0.502. The molecule has 2 amide bonds. The van der Waals surface area contributed by atoms with Crippen LogP contribution in [0.2, 0.25) is 0 Å². The van der Waals surface area contributed by atoms with Gasteiger partial charge in [0, 0.05) is 38.6 Å². The highest BCUT2D eigenvalue weighted by atomic mass is 35.5. The molecule has 0 bridgehead atoms. The molecule has 1 N–H and O–H groups in total. The first-order valence-electron chi connectivity index (χ1n) is 8.01. The van der Waals surface area contributed by atoms with Crippen LogP contribution in [0.15, 0.2) is 24.3 Å². The Kier molecular flexibility index (Phi) is 8.15. The van der Waals surface area contributed by atoms with Crippen LogP contribution in [0.5, 0.6) is 0 Å². The fourth-order valence-corrected chi connectivity index (χ4v) is 2.85. The molecule has 0 saturated carbocycles. The Morgan fingerprint density at radius 2 is 1.79 bits per heavy atom. The molecule has 0 radical (unpaired) electrons. The van der Waals surface area contributed by atoms with Crippen molar-refractivity contribution in [1.29, 1.82) is 0 Å². The Morgan fingerprint density at radius 1 is 1.17 bits per heavy atom. The summed E-state index contributed by atoms with van der Waals surface area (Å²) in [4.78, 5) is 28.3. The van der Waals surface area contributed by atoms with E-state index in [9.17, 15) is 14.0 Å². The number of hydrogen-bond acceptors (Lipinski definition) is 3. The van der Waals surface area contributed by atoms with Gasteiger partial charge in [-0.1, -0.05) is 19.1 Å². The maximum atomic E-state index is 13.8. The molecule has 1 aromatic carbocycles. The molecule has 1 aliphatic rings. The molecular weight excluding hydrogens is 333 g/mol. The summed E-state index contributed by atoms with van der Waals surface area (Å²) >= 11 is 0. The van der Waals surface area contributed by atoms with Gasteiger partial charge in [0.2, 0.25) is 5.91 Å². The fraction of sp³-hybridized carbons (Fsp3) is 0.529. The zero-order chi connectivity index (χ0) is 16.8. The number of rotatable bonds is 4. The molecule has 5 nitrogen and oxygen atoms in total. The Hall–Kier alpha value is -1.66. The fourth-order valence-electron chi connectivity index (χ4n) is 2.85. The zero-order valence-corrected chi connectivity index (χ0v) is 14.9. The van der Waals surface area contributed by atoms with Gasteiger partial charge in [-0.3, -0.25) is 9.59 Å². The lowest BCUT2D eigenvalue weighted by Crippen LogP contribution is -2.41.